The first-order valence-corrected chi connectivity index (χ1v) is 9.78. The summed E-state index contributed by atoms with van der Waals surface area (Å²) in [7, 11) is 1.52. The number of anilines is 1. The zero-order chi connectivity index (χ0) is 21.3. The van der Waals surface area contributed by atoms with Gasteiger partial charge in [0.1, 0.15) is 11.4 Å². The number of non-ortho nitro benzene ring substituents is 1. The number of nitrogens with zero attached hydrogens (tertiary/aromatic N) is 3. The van der Waals surface area contributed by atoms with Crippen LogP contribution in [0.25, 0.3) is 5.57 Å². The molecule has 2 aliphatic rings. The van der Waals surface area contributed by atoms with Crippen LogP contribution in [0.2, 0.25) is 0 Å². The van der Waals surface area contributed by atoms with Crippen LogP contribution in [0.5, 0.6) is 5.75 Å². The highest BCUT2D eigenvalue weighted by atomic mass is 16.6. The molecule has 2 amide bonds. The van der Waals surface area contributed by atoms with E-state index in [0.717, 1.165) is 24.2 Å². The van der Waals surface area contributed by atoms with Crippen molar-refractivity contribution in [2.45, 2.75) is 19.3 Å². The number of carbonyl (C=O) groups is 2. The van der Waals surface area contributed by atoms with Crippen LogP contribution in [0.1, 0.15) is 24.8 Å². The van der Waals surface area contributed by atoms with E-state index in [1.54, 1.807) is 24.3 Å². The van der Waals surface area contributed by atoms with E-state index in [4.69, 9.17) is 4.74 Å². The molecule has 0 bridgehead atoms. The molecular weight excluding hydrogens is 386 g/mol. The fourth-order valence-electron chi connectivity index (χ4n) is 3.92. The Kier molecular flexibility index (Phi) is 5.22. The predicted octanol–water partition coefficient (Wildman–Crippen LogP) is 3.37. The van der Waals surface area contributed by atoms with Crippen LogP contribution in [-0.4, -0.2) is 41.8 Å². The second kappa shape index (κ2) is 7.98. The highest BCUT2D eigenvalue weighted by Gasteiger charge is 2.42. The van der Waals surface area contributed by atoms with E-state index in [-0.39, 0.29) is 17.2 Å². The Hall–Kier alpha value is -3.68. The van der Waals surface area contributed by atoms with Crippen molar-refractivity contribution in [1.29, 1.82) is 0 Å². The molecule has 0 radical (unpaired) electrons. The Labute approximate surface area is 173 Å². The van der Waals surface area contributed by atoms with Crippen molar-refractivity contribution in [3.8, 4) is 5.75 Å². The first kappa shape index (κ1) is 19.6. The van der Waals surface area contributed by atoms with E-state index in [1.807, 2.05) is 4.90 Å². The monoisotopic (exact) mass is 407 g/mol. The Bertz CT molecular complexity index is 1040. The van der Waals surface area contributed by atoms with Crippen LogP contribution in [0.3, 0.4) is 0 Å². The SMILES string of the molecule is COc1cccc(N2C(=O)C(c3ccc([N+](=O)[O-])cc3)=C(N3CCCCC3)C2=O)c1. The minimum absolute atomic E-state index is 0.0692. The van der Waals surface area contributed by atoms with Crippen molar-refractivity contribution in [3.05, 3.63) is 69.9 Å². The summed E-state index contributed by atoms with van der Waals surface area (Å²) in [6.07, 6.45) is 2.97. The van der Waals surface area contributed by atoms with Gasteiger partial charge in [-0.3, -0.25) is 19.7 Å². The zero-order valence-corrected chi connectivity index (χ0v) is 16.5. The van der Waals surface area contributed by atoms with Crippen LogP contribution in [0, 0.1) is 10.1 Å². The van der Waals surface area contributed by atoms with Gasteiger partial charge in [-0.1, -0.05) is 6.07 Å². The number of likely N-dealkylation sites (tertiary alicyclic amines) is 1. The standard InChI is InChI=1S/C22H21N3O5/c1-30-18-7-5-6-17(14-18)24-21(26)19(15-8-10-16(11-9-15)25(28)29)20(22(24)27)23-12-3-2-4-13-23/h5-11,14H,2-4,12-13H2,1H3. The average molecular weight is 407 g/mol. The number of piperidine rings is 1. The van der Waals surface area contributed by atoms with Gasteiger partial charge in [0.2, 0.25) is 0 Å². The minimum Gasteiger partial charge on any atom is -0.497 e. The summed E-state index contributed by atoms with van der Waals surface area (Å²) < 4.78 is 5.24. The van der Waals surface area contributed by atoms with E-state index in [1.165, 1.54) is 31.4 Å². The van der Waals surface area contributed by atoms with Gasteiger partial charge in [0, 0.05) is 31.3 Å². The molecule has 0 saturated carbocycles. The largest absolute Gasteiger partial charge is 0.497 e. The van der Waals surface area contributed by atoms with Crippen LogP contribution in [-0.2, 0) is 9.59 Å². The lowest BCUT2D eigenvalue weighted by Gasteiger charge is -2.29. The molecule has 0 N–H and O–H groups in total. The molecule has 0 atom stereocenters. The third-order valence-electron chi connectivity index (χ3n) is 5.41. The second-order valence-electron chi connectivity index (χ2n) is 7.22. The molecule has 2 heterocycles. The molecule has 2 aliphatic heterocycles. The van der Waals surface area contributed by atoms with E-state index in [0.29, 0.717) is 35.8 Å². The maximum absolute atomic E-state index is 13.4. The third kappa shape index (κ3) is 3.41. The number of hydrogen-bond donors (Lipinski definition) is 0. The van der Waals surface area contributed by atoms with Crippen molar-refractivity contribution in [3.63, 3.8) is 0 Å². The van der Waals surface area contributed by atoms with Gasteiger partial charge in [0.05, 0.1) is 23.3 Å². The van der Waals surface area contributed by atoms with Gasteiger partial charge in [-0.15, -0.1) is 0 Å². The summed E-state index contributed by atoms with van der Waals surface area (Å²) in [6.45, 7) is 1.38. The molecule has 0 spiro atoms. The van der Waals surface area contributed by atoms with Gasteiger partial charge < -0.3 is 9.64 Å². The van der Waals surface area contributed by atoms with Crippen LogP contribution < -0.4 is 9.64 Å². The number of ether oxygens (including phenoxy) is 1. The maximum atomic E-state index is 13.4. The van der Waals surface area contributed by atoms with Crippen molar-refractivity contribution >= 4 is 28.8 Å². The molecule has 0 aliphatic carbocycles. The first-order valence-electron chi connectivity index (χ1n) is 9.78. The molecule has 4 rings (SSSR count). The molecule has 154 valence electrons. The lowest BCUT2D eigenvalue weighted by Crippen LogP contribution is -2.37. The third-order valence-corrected chi connectivity index (χ3v) is 5.41. The van der Waals surface area contributed by atoms with Gasteiger partial charge in [0.15, 0.2) is 0 Å². The molecule has 8 nitrogen and oxygen atoms in total. The Morgan fingerprint density at radius 2 is 1.67 bits per heavy atom. The Morgan fingerprint density at radius 3 is 2.30 bits per heavy atom. The van der Waals surface area contributed by atoms with Crippen LogP contribution in [0.4, 0.5) is 11.4 Å². The summed E-state index contributed by atoms with van der Waals surface area (Å²) in [5, 5.41) is 11.0. The van der Waals surface area contributed by atoms with Crippen molar-refractivity contribution in [1.82, 2.24) is 4.90 Å². The van der Waals surface area contributed by atoms with Gasteiger partial charge >= 0.3 is 0 Å². The molecule has 1 fully saturated rings. The summed E-state index contributed by atoms with van der Waals surface area (Å²) in [5.41, 5.74) is 1.48. The number of imide groups is 1. The number of rotatable bonds is 5. The van der Waals surface area contributed by atoms with Crippen LogP contribution >= 0.6 is 0 Å². The second-order valence-corrected chi connectivity index (χ2v) is 7.22. The van der Waals surface area contributed by atoms with Gasteiger partial charge in [-0.2, -0.15) is 0 Å². The number of nitro benzene ring substituents is 1. The summed E-state index contributed by atoms with van der Waals surface area (Å²) >= 11 is 0. The number of hydrogen-bond acceptors (Lipinski definition) is 6. The first-order chi connectivity index (χ1) is 14.5. The van der Waals surface area contributed by atoms with E-state index < -0.39 is 10.8 Å². The fraction of sp³-hybridized carbons (Fsp3) is 0.273. The fourth-order valence-corrected chi connectivity index (χ4v) is 3.92. The summed E-state index contributed by atoms with van der Waals surface area (Å²) in [4.78, 5) is 40.5. The number of amides is 2. The van der Waals surface area contributed by atoms with Gasteiger partial charge in [-0.25, -0.2) is 4.90 Å². The lowest BCUT2D eigenvalue weighted by atomic mass is 10.0. The van der Waals surface area contributed by atoms with Gasteiger partial charge in [0.25, 0.3) is 17.5 Å². The highest BCUT2D eigenvalue weighted by molar-refractivity contribution is 6.45. The normalized spacial score (nSPS) is 17.0. The molecule has 0 aromatic heterocycles. The maximum Gasteiger partial charge on any atom is 0.282 e. The summed E-state index contributed by atoms with van der Waals surface area (Å²) in [6, 6.07) is 12.5. The molecular formula is C22H21N3O5. The number of nitro groups is 1. The molecule has 8 heteroatoms. The van der Waals surface area contributed by atoms with Crippen molar-refractivity contribution < 1.29 is 19.2 Å². The summed E-state index contributed by atoms with van der Waals surface area (Å²) in [5.74, 6) is -0.289. The Balaban J connectivity index is 1.81. The topological polar surface area (TPSA) is 93.0 Å². The predicted molar refractivity (Wildman–Crippen MR) is 111 cm³/mol. The molecule has 30 heavy (non-hydrogen) atoms. The Morgan fingerprint density at radius 1 is 0.967 bits per heavy atom. The van der Waals surface area contributed by atoms with Crippen molar-refractivity contribution in [2.24, 2.45) is 0 Å². The lowest BCUT2D eigenvalue weighted by molar-refractivity contribution is -0.384. The van der Waals surface area contributed by atoms with E-state index >= 15 is 0 Å². The number of carbonyl (C=O) groups excluding carboxylic acids is 2. The smallest absolute Gasteiger partial charge is 0.282 e. The van der Waals surface area contributed by atoms with Gasteiger partial charge in [-0.05, 0) is 49.1 Å². The van der Waals surface area contributed by atoms with E-state index in [9.17, 15) is 19.7 Å². The molecule has 0 unspecified atom stereocenters. The number of methoxy groups -OCH3 is 1. The highest BCUT2D eigenvalue weighted by Crippen LogP contribution is 2.37. The average Bonchev–Trinajstić information content (AvgIpc) is 3.04. The van der Waals surface area contributed by atoms with Crippen molar-refractivity contribution in [2.75, 3.05) is 25.1 Å². The number of benzene rings is 2. The quantitative estimate of drug-likeness (QED) is 0.429. The molecule has 2 aromatic rings. The van der Waals surface area contributed by atoms with E-state index in [2.05, 4.69) is 0 Å². The van der Waals surface area contributed by atoms with Crippen LogP contribution in [0.15, 0.2) is 54.2 Å². The molecule has 2 aromatic carbocycles. The zero-order valence-electron chi connectivity index (χ0n) is 16.5. The molecule has 1 saturated heterocycles. The minimum atomic E-state index is -0.492.